The fourth-order valence-electron chi connectivity index (χ4n) is 1.65. The number of hydrogen-bond donors (Lipinski definition) is 0. The molecule has 0 radical (unpaired) electrons. The normalized spacial score (nSPS) is 10.3. The average Bonchev–Trinajstić information content (AvgIpc) is 2.43. The molecule has 0 aliphatic rings. The predicted octanol–water partition coefficient (Wildman–Crippen LogP) is 2.13. The molecule has 0 fully saturated rings. The molecular weight excluding hydrogens is 280 g/mol. The van der Waals surface area contributed by atoms with E-state index in [2.05, 4.69) is 4.98 Å². The summed E-state index contributed by atoms with van der Waals surface area (Å²) in [6.07, 6.45) is 0. The predicted molar refractivity (Wildman–Crippen MR) is 75.7 cm³/mol. The Balaban J connectivity index is 2.28. The number of fused-ring (bicyclic) bond motifs is 1. The number of carbonyl (C=O) groups is 2. The number of halogens is 1. The Bertz CT molecular complexity index is 671. The van der Waals surface area contributed by atoms with Crippen LogP contribution in [0.2, 0.25) is 5.15 Å². The highest BCUT2D eigenvalue weighted by Gasteiger charge is 2.15. The highest BCUT2D eigenvalue weighted by atomic mass is 35.5. The molecule has 0 unspecified atom stereocenters. The van der Waals surface area contributed by atoms with E-state index < -0.39 is 5.97 Å². The van der Waals surface area contributed by atoms with E-state index in [-0.39, 0.29) is 17.7 Å². The third-order valence-corrected chi connectivity index (χ3v) is 2.92. The summed E-state index contributed by atoms with van der Waals surface area (Å²) in [6.45, 7) is -0.305. The molecule has 2 rings (SSSR count). The molecular formula is C14H13ClN2O3. The van der Waals surface area contributed by atoms with Crippen molar-refractivity contribution in [1.82, 2.24) is 9.88 Å². The molecule has 1 amide bonds. The Hall–Kier alpha value is -2.14. The second-order valence-electron chi connectivity index (χ2n) is 4.37. The molecule has 1 aromatic carbocycles. The van der Waals surface area contributed by atoms with Gasteiger partial charge in [0, 0.05) is 19.5 Å². The van der Waals surface area contributed by atoms with Gasteiger partial charge in [0.15, 0.2) is 6.61 Å². The number of pyridine rings is 1. The summed E-state index contributed by atoms with van der Waals surface area (Å²) in [6, 6.07) is 8.54. The van der Waals surface area contributed by atoms with Crippen molar-refractivity contribution in [3.63, 3.8) is 0 Å². The zero-order valence-corrected chi connectivity index (χ0v) is 11.8. The standard InChI is InChI=1S/C14H13ClN2O3/c1-17(2)13(18)8-20-14(19)10-7-12(15)16-11-6-4-3-5-9(10)11/h3-7H,8H2,1-2H3. The van der Waals surface area contributed by atoms with Crippen molar-refractivity contribution in [3.05, 3.63) is 41.0 Å². The number of amides is 1. The van der Waals surface area contributed by atoms with Gasteiger partial charge in [0.05, 0.1) is 11.1 Å². The summed E-state index contributed by atoms with van der Waals surface area (Å²) in [5.74, 6) is -0.886. The quantitative estimate of drug-likeness (QED) is 0.642. The maximum absolute atomic E-state index is 12.1. The van der Waals surface area contributed by atoms with Crippen LogP contribution in [0.5, 0.6) is 0 Å². The smallest absolute Gasteiger partial charge is 0.339 e. The van der Waals surface area contributed by atoms with Gasteiger partial charge >= 0.3 is 5.97 Å². The first-order valence-electron chi connectivity index (χ1n) is 5.91. The van der Waals surface area contributed by atoms with Crippen molar-refractivity contribution in [2.24, 2.45) is 0 Å². The van der Waals surface area contributed by atoms with Crippen molar-refractivity contribution in [3.8, 4) is 0 Å². The lowest BCUT2D eigenvalue weighted by Gasteiger charge is -2.11. The van der Waals surface area contributed by atoms with Crippen molar-refractivity contribution in [2.75, 3.05) is 20.7 Å². The molecule has 0 N–H and O–H groups in total. The molecule has 0 spiro atoms. The Kier molecular flexibility index (Phi) is 4.20. The molecule has 104 valence electrons. The molecule has 5 nitrogen and oxygen atoms in total. The minimum absolute atomic E-state index is 0.203. The maximum Gasteiger partial charge on any atom is 0.339 e. The van der Waals surface area contributed by atoms with Gasteiger partial charge in [-0.05, 0) is 12.1 Å². The number of benzene rings is 1. The molecule has 0 bridgehead atoms. The second kappa shape index (κ2) is 5.88. The van der Waals surface area contributed by atoms with Crippen molar-refractivity contribution in [1.29, 1.82) is 0 Å². The van der Waals surface area contributed by atoms with Crippen molar-refractivity contribution >= 4 is 34.4 Å². The van der Waals surface area contributed by atoms with E-state index in [4.69, 9.17) is 16.3 Å². The van der Waals surface area contributed by atoms with Gasteiger partial charge in [0.25, 0.3) is 5.91 Å². The van der Waals surface area contributed by atoms with E-state index in [1.807, 2.05) is 0 Å². The Morgan fingerprint density at radius 1 is 1.30 bits per heavy atom. The first-order chi connectivity index (χ1) is 9.49. The fraction of sp³-hybridized carbons (Fsp3) is 0.214. The van der Waals surface area contributed by atoms with Crippen molar-refractivity contribution in [2.45, 2.75) is 0 Å². The molecule has 1 heterocycles. The number of likely N-dealkylation sites (N-methyl/N-ethyl adjacent to an activating group) is 1. The van der Waals surface area contributed by atoms with Crippen LogP contribution in [0.25, 0.3) is 10.9 Å². The van der Waals surface area contributed by atoms with Gasteiger partial charge in [-0.15, -0.1) is 0 Å². The van der Waals surface area contributed by atoms with Crippen molar-refractivity contribution < 1.29 is 14.3 Å². The monoisotopic (exact) mass is 292 g/mol. The zero-order valence-electron chi connectivity index (χ0n) is 11.1. The summed E-state index contributed by atoms with van der Waals surface area (Å²) in [5.41, 5.74) is 0.901. The number of rotatable bonds is 3. The number of esters is 1. The molecule has 0 saturated heterocycles. The zero-order chi connectivity index (χ0) is 14.7. The lowest BCUT2D eigenvalue weighted by molar-refractivity contribution is -0.131. The molecule has 2 aromatic rings. The third-order valence-electron chi connectivity index (χ3n) is 2.73. The summed E-state index contributed by atoms with van der Waals surface area (Å²) >= 11 is 5.89. The van der Waals surface area contributed by atoms with Crippen LogP contribution in [0.4, 0.5) is 0 Å². The maximum atomic E-state index is 12.1. The number of aromatic nitrogens is 1. The summed E-state index contributed by atoms with van der Waals surface area (Å²) in [5, 5.41) is 0.841. The van der Waals surface area contributed by atoms with Crippen LogP contribution in [0.1, 0.15) is 10.4 Å². The average molecular weight is 293 g/mol. The highest BCUT2D eigenvalue weighted by Crippen LogP contribution is 2.21. The molecule has 0 aliphatic heterocycles. The van der Waals surface area contributed by atoms with Gasteiger partial charge in [-0.1, -0.05) is 29.8 Å². The van der Waals surface area contributed by atoms with E-state index in [0.29, 0.717) is 16.5 Å². The number of hydrogen-bond acceptors (Lipinski definition) is 4. The summed E-state index contributed by atoms with van der Waals surface area (Å²) in [7, 11) is 3.18. The lowest BCUT2D eigenvalue weighted by Crippen LogP contribution is -2.27. The number of carbonyl (C=O) groups excluding carboxylic acids is 2. The Morgan fingerprint density at radius 3 is 2.70 bits per heavy atom. The van der Waals surface area contributed by atoms with E-state index >= 15 is 0 Å². The fourth-order valence-corrected chi connectivity index (χ4v) is 1.85. The first kappa shape index (κ1) is 14.3. The number of ether oxygens (including phenoxy) is 1. The Morgan fingerprint density at radius 2 is 2.00 bits per heavy atom. The number of nitrogens with zero attached hydrogens (tertiary/aromatic N) is 2. The van der Waals surface area contributed by atoms with Gasteiger partial charge < -0.3 is 9.64 Å². The molecule has 20 heavy (non-hydrogen) atoms. The summed E-state index contributed by atoms with van der Waals surface area (Å²) < 4.78 is 5.00. The molecule has 0 saturated carbocycles. The van der Waals surface area contributed by atoms with Gasteiger partial charge in [-0.2, -0.15) is 0 Å². The minimum Gasteiger partial charge on any atom is -0.452 e. The molecule has 6 heteroatoms. The van der Waals surface area contributed by atoms with Crippen LogP contribution in [0, 0.1) is 0 Å². The van der Waals surface area contributed by atoms with Crippen LogP contribution in [0.15, 0.2) is 30.3 Å². The van der Waals surface area contributed by atoms with Crippen LogP contribution in [-0.2, 0) is 9.53 Å². The molecule has 0 aliphatic carbocycles. The molecule has 1 aromatic heterocycles. The van der Waals surface area contributed by atoms with Gasteiger partial charge in [0.1, 0.15) is 5.15 Å². The van der Waals surface area contributed by atoms with E-state index in [1.165, 1.54) is 11.0 Å². The van der Waals surface area contributed by atoms with Crippen LogP contribution in [-0.4, -0.2) is 42.5 Å². The van der Waals surface area contributed by atoms with E-state index in [0.717, 1.165) is 0 Å². The second-order valence-corrected chi connectivity index (χ2v) is 4.76. The van der Waals surface area contributed by atoms with Gasteiger partial charge in [-0.3, -0.25) is 4.79 Å². The Labute approximate surface area is 121 Å². The van der Waals surface area contributed by atoms with Gasteiger partial charge in [-0.25, -0.2) is 9.78 Å². The highest BCUT2D eigenvalue weighted by molar-refractivity contribution is 6.30. The van der Waals surface area contributed by atoms with E-state index in [1.54, 1.807) is 38.4 Å². The number of para-hydroxylation sites is 1. The van der Waals surface area contributed by atoms with E-state index in [9.17, 15) is 9.59 Å². The van der Waals surface area contributed by atoms with Crippen LogP contribution >= 0.6 is 11.6 Å². The SMILES string of the molecule is CN(C)C(=O)COC(=O)c1cc(Cl)nc2ccccc12. The largest absolute Gasteiger partial charge is 0.452 e. The van der Waals surface area contributed by atoms with Crippen LogP contribution in [0.3, 0.4) is 0 Å². The summed E-state index contributed by atoms with van der Waals surface area (Å²) in [4.78, 5) is 29.0. The van der Waals surface area contributed by atoms with Crippen LogP contribution < -0.4 is 0 Å². The third kappa shape index (κ3) is 3.05. The van der Waals surface area contributed by atoms with Gasteiger partial charge in [0.2, 0.25) is 0 Å². The lowest BCUT2D eigenvalue weighted by atomic mass is 10.1. The molecule has 0 atom stereocenters. The first-order valence-corrected chi connectivity index (χ1v) is 6.29. The topological polar surface area (TPSA) is 59.5 Å². The minimum atomic E-state index is -0.597.